The van der Waals surface area contributed by atoms with Gasteiger partial charge in [-0.05, 0) is 53.6 Å². The lowest BCUT2D eigenvalue weighted by molar-refractivity contribution is -0.116. The average molecular weight is 434 g/mol. The van der Waals surface area contributed by atoms with Gasteiger partial charge in [0.2, 0.25) is 11.8 Å². The number of carbonyl (C=O) groups excluding carboxylic acids is 1. The number of hydrogen-bond donors (Lipinski definition) is 1. The summed E-state index contributed by atoms with van der Waals surface area (Å²) in [6, 6.07) is 32.6. The van der Waals surface area contributed by atoms with Gasteiger partial charge in [-0.1, -0.05) is 60.7 Å². The Morgan fingerprint density at radius 3 is 2.09 bits per heavy atom. The maximum Gasteiger partial charge on any atom is 0.236 e. The highest BCUT2D eigenvalue weighted by Gasteiger charge is 2.23. The van der Waals surface area contributed by atoms with Crippen LogP contribution in [0.1, 0.15) is 17.0 Å². The van der Waals surface area contributed by atoms with Gasteiger partial charge in [-0.25, -0.2) is 4.98 Å². The molecule has 0 aliphatic heterocycles. The molecule has 5 heteroatoms. The van der Waals surface area contributed by atoms with E-state index in [1.54, 1.807) is 7.11 Å². The quantitative estimate of drug-likeness (QED) is 0.342. The third kappa shape index (κ3) is 4.34. The predicted molar refractivity (Wildman–Crippen MR) is 129 cm³/mol. The van der Waals surface area contributed by atoms with Crippen molar-refractivity contribution in [2.45, 2.75) is 5.92 Å². The van der Waals surface area contributed by atoms with Crippen molar-refractivity contribution in [3.8, 4) is 17.2 Å². The Morgan fingerprint density at radius 1 is 0.848 bits per heavy atom. The zero-order chi connectivity index (χ0) is 22.6. The summed E-state index contributed by atoms with van der Waals surface area (Å²) in [5.41, 5.74) is 4.72. The van der Waals surface area contributed by atoms with E-state index in [0.29, 0.717) is 22.7 Å². The Balaban J connectivity index is 1.43. The Morgan fingerprint density at radius 2 is 1.48 bits per heavy atom. The minimum absolute atomic E-state index is 0.106. The van der Waals surface area contributed by atoms with Gasteiger partial charge in [0, 0.05) is 11.3 Å². The maximum atomic E-state index is 13.4. The zero-order valence-corrected chi connectivity index (χ0v) is 18.1. The molecule has 5 rings (SSSR count). The normalized spacial score (nSPS) is 11.0. The third-order valence-corrected chi connectivity index (χ3v) is 5.52. The van der Waals surface area contributed by atoms with Gasteiger partial charge in [0.05, 0.1) is 13.0 Å². The van der Waals surface area contributed by atoms with Crippen LogP contribution in [0, 0.1) is 0 Å². The molecule has 1 amide bonds. The molecule has 1 aromatic heterocycles. The maximum absolute atomic E-state index is 13.4. The summed E-state index contributed by atoms with van der Waals surface area (Å²) in [5, 5.41) is 3.06. The number of aromatic nitrogens is 1. The summed E-state index contributed by atoms with van der Waals surface area (Å²) >= 11 is 0. The highest BCUT2D eigenvalue weighted by molar-refractivity contribution is 5.99. The number of oxazole rings is 1. The van der Waals surface area contributed by atoms with Gasteiger partial charge in [0.1, 0.15) is 11.3 Å². The van der Waals surface area contributed by atoms with Crippen molar-refractivity contribution in [3.05, 3.63) is 114 Å². The van der Waals surface area contributed by atoms with E-state index in [1.165, 1.54) is 0 Å². The fraction of sp³-hybridized carbons (Fsp3) is 0.0714. The summed E-state index contributed by atoms with van der Waals surface area (Å²) < 4.78 is 11.1. The van der Waals surface area contributed by atoms with E-state index in [-0.39, 0.29) is 5.91 Å². The van der Waals surface area contributed by atoms with E-state index in [0.717, 1.165) is 22.4 Å². The van der Waals surface area contributed by atoms with Gasteiger partial charge in [-0.15, -0.1) is 0 Å². The molecule has 0 unspecified atom stereocenters. The Bertz CT molecular complexity index is 1340. The highest BCUT2D eigenvalue weighted by Crippen LogP contribution is 2.29. The first-order valence-corrected chi connectivity index (χ1v) is 10.7. The van der Waals surface area contributed by atoms with Gasteiger partial charge in [0.15, 0.2) is 5.58 Å². The number of nitrogens with one attached hydrogen (secondary N) is 1. The summed E-state index contributed by atoms with van der Waals surface area (Å²) in [7, 11) is 1.63. The number of fused-ring (bicyclic) bond motifs is 1. The number of anilines is 1. The Labute approximate surface area is 191 Å². The lowest BCUT2D eigenvalue weighted by atomic mass is 9.90. The number of ether oxygens (including phenoxy) is 1. The molecule has 1 N–H and O–H groups in total. The van der Waals surface area contributed by atoms with Gasteiger partial charge in [0.25, 0.3) is 0 Å². The number of benzene rings is 4. The monoisotopic (exact) mass is 434 g/mol. The second kappa shape index (κ2) is 9.01. The molecule has 5 aromatic rings. The van der Waals surface area contributed by atoms with Crippen molar-refractivity contribution in [3.63, 3.8) is 0 Å². The molecule has 0 saturated heterocycles. The van der Waals surface area contributed by atoms with E-state index in [9.17, 15) is 4.79 Å². The van der Waals surface area contributed by atoms with Crippen LogP contribution >= 0.6 is 0 Å². The van der Waals surface area contributed by atoms with Crippen LogP contribution in [0.4, 0.5) is 5.69 Å². The minimum atomic E-state index is -0.421. The van der Waals surface area contributed by atoms with Crippen LogP contribution in [0.3, 0.4) is 0 Å². The highest BCUT2D eigenvalue weighted by atomic mass is 16.5. The molecule has 0 radical (unpaired) electrons. The molecule has 0 aliphatic rings. The number of rotatable bonds is 6. The molecule has 0 fully saturated rings. The van der Waals surface area contributed by atoms with E-state index >= 15 is 0 Å². The first kappa shape index (κ1) is 20.5. The smallest absolute Gasteiger partial charge is 0.236 e. The van der Waals surface area contributed by atoms with Crippen LogP contribution in [-0.2, 0) is 4.79 Å². The van der Waals surface area contributed by atoms with Crippen molar-refractivity contribution in [1.82, 2.24) is 4.98 Å². The molecular weight excluding hydrogens is 412 g/mol. The average Bonchev–Trinajstić information content (AvgIpc) is 3.29. The van der Waals surface area contributed by atoms with Crippen molar-refractivity contribution in [1.29, 1.82) is 0 Å². The van der Waals surface area contributed by atoms with Crippen molar-refractivity contribution in [2.24, 2.45) is 0 Å². The number of amides is 1. The summed E-state index contributed by atoms with van der Waals surface area (Å²) in [6.07, 6.45) is 0. The molecule has 0 saturated carbocycles. The molecule has 0 atom stereocenters. The predicted octanol–water partition coefficient (Wildman–Crippen LogP) is 6.27. The first-order valence-electron chi connectivity index (χ1n) is 10.7. The van der Waals surface area contributed by atoms with Crippen molar-refractivity contribution >= 4 is 22.7 Å². The SMILES string of the molecule is COc1ccc(-c2nc3cc(NC(=O)C(c4ccccc4)c4ccccc4)ccc3o2)cc1. The molecule has 0 bridgehead atoms. The van der Waals surface area contributed by atoms with Crippen LogP contribution in [-0.4, -0.2) is 18.0 Å². The summed E-state index contributed by atoms with van der Waals surface area (Å²) in [4.78, 5) is 18.0. The molecule has 4 aromatic carbocycles. The summed E-state index contributed by atoms with van der Waals surface area (Å²) in [6.45, 7) is 0. The fourth-order valence-electron chi connectivity index (χ4n) is 3.86. The number of nitrogens with zero attached hydrogens (tertiary/aromatic N) is 1. The third-order valence-electron chi connectivity index (χ3n) is 5.52. The van der Waals surface area contributed by atoms with Crippen LogP contribution in [0.5, 0.6) is 5.75 Å². The van der Waals surface area contributed by atoms with Crippen molar-refractivity contribution in [2.75, 3.05) is 12.4 Å². The van der Waals surface area contributed by atoms with Gasteiger partial charge in [-0.2, -0.15) is 0 Å². The van der Waals surface area contributed by atoms with Gasteiger partial charge >= 0.3 is 0 Å². The Hall–Kier alpha value is -4.38. The summed E-state index contributed by atoms with van der Waals surface area (Å²) in [5.74, 6) is 0.759. The molecule has 33 heavy (non-hydrogen) atoms. The molecule has 5 nitrogen and oxygen atoms in total. The number of carbonyl (C=O) groups is 1. The Kier molecular flexibility index (Phi) is 5.60. The fourth-order valence-corrected chi connectivity index (χ4v) is 3.86. The second-order valence-electron chi connectivity index (χ2n) is 7.67. The van der Waals surface area contributed by atoms with E-state index in [1.807, 2.05) is 103 Å². The molecule has 1 heterocycles. The van der Waals surface area contributed by atoms with Crippen LogP contribution in [0.25, 0.3) is 22.6 Å². The number of methoxy groups -OCH3 is 1. The number of hydrogen-bond acceptors (Lipinski definition) is 4. The topological polar surface area (TPSA) is 64.4 Å². The molecule has 0 spiro atoms. The largest absolute Gasteiger partial charge is 0.497 e. The lowest BCUT2D eigenvalue weighted by Gasteiger charge is -2.18. The molecule has 162 valence electrons. The van der Waals surface area contributed by atoms with Crippen LogP contribution < -0.4 is 10.1 Å². The van der Waals surface area contributed by atoms with Crippen molar-refractivity contribution < 1.29 is 13.9 Å². The first-order chi connectivity index (χ1) is 16.2. The molecular formula is C28H22N2O3. The standard InChI is InChI=1S/C28H22N2O3/c1-32-23-15-12-21(13-16-23)28-30-24-18-22(14-17-25(24)33-28)29-27(31)26(19-8-4-2-5-9-19)20-10-6-3-7-11-20/h2-18,26H,1H3,(H,29,31). The van der Waals surface area contributed by atoms with E-state index in [2.05, 4.69) is 10.3 Å². The zero-order valence-electron chi connectivity index (χ0n) is 18.1. The van der Waals surface area contributed by atoms with Gasteiger partial charge < -0.3 is 14.5 Å². The van der Waals surface area contributed by atoms with Gasteiger partial charge in [-0.3, -0.25) is 4.79 Å². The van der Waals surface area contributed by atoms with Crippen LogP contribution in [0.15, 0.2) is 108 Å². The van der Waals surface area contributed by atoms with E-state index in [4.69, 9.17) is 9.15 Å². The lowest BCUT2D eigenvalue weighted by Crippen LogP contribution is -2.22. The second-order valence-corrected chi connectivity index (χ2v) is 7.67. The minimum Gasteiger partial charge on any atom is -0.497 e. The molecule has 0 aliphatic carbocycles. The van der Waals surface area contributed by atoms with E-state index < -0.39 is 5.92 Å². The van der Waals surface area contributed by atoms with Crippen LogP contribution in [0.2, 0.25) is 0 Å².